The van der Waals surface area contributed by atoms with Gasteiger partial charge in [0.1, 0.15) is 0 Å². The molecule has 1 aromatic rings. The highest BCUT2D eigenvalue weighted by Gasteiger charge is 2.32. The zero-order valence-electron chi connectivity index (χ0n) is 5.62. The van der Waals surface area contributed by atoms with Gasteiger partial charge in [0, 0.05) is 3.57 Å². The van der Waals surface area contributed by atoms with Crippen LogP contribution in [-0.2, 0) is 6.18 Å². The summed E-state index contributed by atoms with van der Waals surface area (Å²) in [4.78, 5) is 0. The van der Waals surface area contributed by atoms with Crippen molar-refractivity contribution in [3.05, 3.63) is 30.9 Å². The lowest BCUT2D eigenvalue weighted by molar-refractivity contribution is -0.328. The normalized spacial score (nSPS) is 11.8. The van der Waals surface area contributed by atoms with Gasteiger partial charge in [-0.3, -0.25) is 0 Å². The zero-order chi connectivity index (χ0) is 9.35. The van der Waals surface area contributed by atoms with E-state index in [2.05, 4.69) is 0 Å². The predicted molar refractivity (Wildman–Crippen MR) is 42.9 cm³/mol. The lowest BCUT2D eigenvalue weighted by Gasteiger charge is -2.13. The summed E-state index contributed by atoms with van der Waals surface area (Å²) >= 11 is 3.54. The zero-order valence-corrected chi connectivity index (χ0v) is 9.94. The Morgan fingerprint density at radius 1 is 1.25 bits per heavy atom. The number of benzene rings is 1. The molecule has 0 N–H and O–H groups in total. The van der Waals surface area contributed by atoms with Gasteiger partial charge in [0.2, 0.25) is 0 Å². The molecule has 1 aromatic carbocycles. The third-order valence-corrected chi connectivity index (χ3v) is 2.85. The highest BCUT2D eigenvalue weighted by molar-refractivity contribution is 14.1. The van der Waals surface area contributed by atoms with Crippen LogP contribution >= 0.6 is 22.6 Å². The maximum atomic E-state index is 12.2. The number of halogens is 5. The Labute approximate surface area is 94.8 Å². The first-order valence-corrected chi connectivity index (χ1v) is 5.09. The summed E-state index contributed by atoms with van der Waals surface area (Å²) in [7, 11) is 0. The molecular weight excluding hydrogens is 395 g/mol. The van der Waals surface area contributed by atoms with Crippen LogP contribution in [0.5, 0.6) is 0 Å². The molecule has 12 heavy (non-hydrogen) atoms. The van der Waals surface area contributed by atoms with Crippen molar-refractivity contribution in [3.8, 4) is 0 Å². The summed E-state index contributed by atoms with van der Waals surface area (Å²) in [5.74, 6) is 0. The van der Waals surface area contributed by atoms with Crippen LogP contribution in [-0.4, -0.2) is 0 Å². The lowest BCUT2D eigenvalue weighted by atomic mass is 10.2. The van der Waals surface area contributed by atoms with E-state index in [1.165, 1.54) is 6.07 Å². The van der Waals surface area contributed by atoms with Crippen LogP contribution in [0.25, 0.3) is 0 Å². The fraction of sp³-hybridized carbons (Fsp3) is 0.143. The average molecular weight is 398 g/mol. The molecule has 0 bridgehead atoms. The number of alkyl halides is 3. The van der Waals surface area contributed by atoms with E-state index < -0.39 is 11.7 Å². The Balaban J connectivity index is 3.23. The van der Waals surface area contributed by atoms with E-state index in [-0.39, 0.29) is 3.57 Å². The molecular formula is C7H3F3I2-. The van der Waals surface area contributed by atoms with Crippen molar-refractivity contribution in [3.63, 3.8) is 0 Å². The van der Waals surface area contributed by atoms with Crippen LogP contribution < -0.4 is 22.6 Å². The largest absolute Gasteiger partial charge is 0.759 e. The molecule has 1 radical (unpaired) electrons. The molecule has 0 spiro atoms. The van der Waals surface area contributed by atoms with Gasteiger partial charge in [-0.2, -0.15) is 16.7 Å². The van der Waals surface area contributed by atoms with Crippen LogP contribution in [0.2, 0.25) is 0 Å². The van der Waals surface area contributed by atoms with Gasteiger partial charge in [0.15, 0.2) is 0 Å². The first-order chi connectivity index (χ1) is 5.41. The van der Waals surface area contributed by atoms with E-state index in [0.29, 0.717) is 3.57 Å². The van der Waals surface area contributed by atoms with Gasteiger partial charge in [-0.1, -0.05) is 12.1 Å². The van der Waals surface area contributed by atoms with Crippen molar-refractivity contribution in [2.45, 2.75) is 6.18 Å². The molecule has 0 heterocycles. The fourth-order valence-corrected chi connectivity index (χ4v) is 1.85. The molecule has 0 aliphatic heterocycles. The van der Waals surface area contributed by atoms with Gasteiger partial charge >= 0.3 is 6.18 Å². The Morgan fingerprint density at radius 3 is 2.25 bits per heavy atom. The Morgan fingerprint density at radius 2 is 1.83 bits per heavy atom. The second kappa shape index (κ2) is 3.69. The lowest BCUT2D eigenvalue weighted by Crippen LogP contribution is -3.34. The van der Waals surface area contributed by atoms with Crippen molar-refractivity contribution in [2.24, 2.45) is 0 Å². The van der Waals surface area contributed by atoms with Crippen molar-refractivity contribution in [1.29, 1.82) is 0 Å². The van der Waals surface area contributed by atoms with Gasteiger partial charge < -0.3 is 22.6 Å². The van der Waals surface area contributed by atoms with Crippen LogP contribution in [0.3, 0.4) is 0 Å². The molecule has 0 amide bonds. The highest BCUT2D eigenvalue weighted by Crippen LogP contribution is 2.32. The SMILES string of the molecule is FC(F)(F)c1cc([I-])ccc1I. The van der Waals surface area contributed by atoms with Crippen LogP contribution in [0.1, 0.15) is 5.56 Å². The van der Waals surface area contributed by atoms with E-state index in [1.807, 2.05) is 22.6 Å². The molecule has 0 nitrogen and oxygen atoms in total. The quantitative estimate of drug-likeness (QED) is 0.542. The second-order valence-electron chi connectivity index (χ2n) is 2.12. The number of hydrogen-bond acceptors (Lipinski definition) is 0. The summed E-state index contributed by atoms with van der Waals surface area (Å²) in [5.41, 5.74) is -0.560. The fourth-order valence-electron chi connectivity index (χ4n) is 0.715. The van der Waals surface area contributed by atoms with Crippen molar-refractivity contribution in [2.75, 3.05) is 0 Å². The second-order valence-corrected chi connectivity index (χ2v) is 4.53. The third-order valence-electron chi connectivity index (χ3n) is 1.23. The first-order valence-electron chi connectivity index (χ1n) is 2.93. The molecule has 0 saturated carbocycles. The topological polar surface area (TPSA) is 0 Å². The molecule has 0 aliphatic carbocycles. The van der Waals surface area contributed by atoms with Crippen molar-refractivity contribution >= 4 is 22.6 Å². The van der Waals surface area contributed by atoms with Crippen LogP contribution in [0, 0.1) is 7.14 Å². The van der Waals surface area contributed by atoms with E-state index in [0.717, 1.165) is 6.07 Å². The van der Waals surface area contributed by atoms with Gasteiger partial charge in [-0.15, -0.1) is 0 Å². The predicted octanol–water partition coefficient (Wildman–Crippen LogP) is 0.0329. The van der Waals surface area contributed by atoms with Crippen LogP contribution in [0.15, 0.2) is 18.2 Å². The van der Waals surface area contributed by atoms with Gasteiger partial charge in [0.05, 0.1) is 5.56 Å². The first kappa shape index (κ1) is 10.6. The summed E-state index contributed by atoms with van der Waals surface area (Å²) in [6.07, 6.45) is -4.24. The van der Waals surface area contributed by atoms with Crippen molar-refractivity contribution < 1.29 is 35.8 Å². The summed E-state index contributed by atoms with van der Waals surface area (Å²) < 4.78 is 37.5. The summed E-state index contributed by atoms with van der Waals surface area (Å²) in [5, 5.41) is 0. The van der Waals surface area contributed by atoms with Gasteiger partial charge in [-0.25, -0.2) is 0 Å². The smallest absolute Gasteiger partial charge is 0.417 e. The minimum Gasteiger partial charge on any atom is -0.759 e. The van der Waals surface area contributed by atoms with Gasteiger partial charge in [0.25, 0.3) is 0 Å². The molecule has 0 unspecified atom stereocenters. The standard InChI is InChI=1S/C7H3F3I2/c8-7(9,10)5-3-4(11)1-2-6(5)12/h1-3H/q-1. The molecule has 0 atom stereocenters. The highest BCUT2D eigenvalue weighted by atomic mass is 127. The van der Waals surface area contributed by atoms with E-state index >= 15 is 0 Å². The third kappa shape index (κ3) is 2.48. The van der Waals surface area contributed by atoms with Crippen molar-refractivity contribution in [1.82, 2.24) is 0 Å². The monoisotopic (exact) mass is 398 g/mol. The molecule has 5 heteroatoms. The molecule has 0 aromatic heterocycles. The summed E-state index contributed by atoms with van der Waals surface area (Å²) in [6, 6.07) is 4.26. The van der Waals surface area contributed by atoms with E-state index in [4.69, 9.17) is 0 Å². The van der Waals surface area contributed by atoms with Crippen LogP contribution in [0.4, 0.5) is 13.2 Å². The number of hydrogen-bond donors (Lipinski definition) is 0. The maximum Gasteiger partial charge on any atom is 0.417 e. The Kier molecular flexibility index (Phi) is 3.24. The maximum absolute atomic E-state index is 12.2. The Bertz CT molecular complexity index is 293. The van der Waals surface area contributed by atoms with Gasteiger partial charge in [-0.05, 0) is 28.7 Å². The Hall–Kier alpha value is 0.470. The molecule has 0 saturated heterocycles. The molecule has 0 aliphatic rings. The molecule has 67 valence electrons. The van der Waals surface area contributed by atoms with E-state index in [9.17, 15) is 13.2 Å². The minimum absolute atomic E-state index is 0.237. The van der Waals surface area contributed by atoms with E-state index in [1.54, 1.807) is 28.7 Å². The average Bonchev–Trinajstić information content (AvgIpc) is 1.92. The molecule has 0 fully saturated rings. The minimum atomic E-state index is -4.24. The number of rotatable bonds is 0. The molecule has 1 rings (SSSR count). The summed E-state index contributed by atoms with van der Waals surface area (Å²) in [6.45, 7) is 0.